The highest BCUT2D eigenvalue weighted by Gasteiger charge is 2.22. The van der Waals surface area contributed by atoms with Crippen LogP contribution in [0.2, 0.25) is 0 Å². The summed E-state index contributed by atoms with van der Waals surface area (Å²) in [4.78, 5) is 25.4. The van der Waals surface area contributed by atoms with E-state index in [4.69, 9.17) is 9.15 Å². The van der Waals surface area contributed by atoms with Gasteiger partial charge in [-0.25, -0.2) is 4.79 Å². The van der Waals surface area contributed by atoms with Crippen LogP contribution in [0, 0.1) is 0 Å². The van der Waals surface area contributed by atoms with Gasteiger partial charge in [-0.2, -0.15) is 0 Å². The molecule has 6 heteroatoms. The zero-order valence-corrected chi connectivity index (χ0v) is 10.3. The Balaban J connectivity index is 1.67. The highest BCUT2D eigenvalue weighted by molar-refractivity contribution is 5.81. The summed E-state index contributed by atoms with van der Waals surface area (Å²) < 4.78 is 10.2. The Bertz CT molecular complexity index is 652. The lowest BCUT2D eigenvalue weighted by atomic mass is 10.2. The first-order chi connectivity index (χ1) is 9.22. The third-order valence-corrected chi connectivity index (χ3v) is 3.17. The number of hydrogen-bond donors (Lipinski definition) is 2. The molecule has 0 bridgehead atoms. The van der Waals surface area contributed by atoms with Crippen LogP contribution >= 0.6 is 0 Å². The Labute approximate surface area is 108 Å². The van der Waals surface area contributed by atoms with Crippen molar-refractivity contribution >= 4 is 17.0 Å². The molecule has 1 atom stereocenters. The monoisotopic (exact) mass is 262 g/mol. The van der Waals surface area contributed by atoms with Crippen LogP contribution < -0.4 is 11.1 Å². The summed E-state index contributed by atoms with van der Waals surface area (Å²) in [5.74, 6) is -0.561. The Morgan fingerprint density at radius 1 is 1.47 bits per heavy atom. The molecule has 1 aromatic heterocycles. The first-order valence-corrected chi connectivity index (χ1v) is 6.23. The molecule has 0 radical (unpaired) electrons. The minimum Gasteiger partial charge on any atom is -0.408 e. The van der Waals surface area contributed by atoms with Crippen molar-refractivity contribution in [2.75, 3.05) is 6.61 Å². The van der Waals surface area contributed by atoms with Crippen molar-refractivity contribution in [1.82, 2.24) is 10.3 Å². The number of fused-ring (bicyclic) bond motifs is 1. The number of carbonyl (C=O) groups is 1. The van der Waals surface area contributed by atoms with Gasteiger partial charge in [-0.1, -0.05) is 6.07 Å². The standard InChI is InChI=1S/C13H14N2O4/c16-12(11-2-1-5-18-11)14-7-8-3-4-10-9(6-8)15-13(17)19-10/h3-4,6,11H,1-2,5,7H2,(H,14,16)(H,15,17). The number of amides is 1. The van der Waals surface area contributed by atoms with Crippen molar-refractivity contribution in [3.05, 3.63) is 34.3 Å². The number of ether oxygens (including phenoxy) is 1. The van der Waals surface area contributed by atoms with Gasteiger partial charge in [0.05, 0.1) is 5.52 Å². The van der Waals surface area contributed by atoms with Gasteiger partial charge >= 0.3 is 5.76 Å². The third-order valence-electron chi connectivity index (χ3n) is 3.17. The van der Waals surface area contributed by atoms with Crippen LogP contribution in [0.25, 0.3) is 11.1 Å². The molecule has 2 N–H and O–H groups in total. The van der Waals surface area contributed by atoms with Gasteiger partial charge in [-0.3, -0.25) is 9.78 Å². The SMILES string of the molecule is O=C(NCc1ccc2oc(=O)[nH]c2c1)C1CCCO1. The van der Waals surface area contributed by atoms with Crippen molar-refractivity contribution < 1.29 is 13.9 Å². The van der Waals surface area contributed by atoms with Crippen molar-refractivity contribution in [3.63, 3.8) is 0 Å². The smallest absolute Gasteiger partial charge is 0.408 e. The molecule has 6 nitrogen and oxygen atoms in total. The van der Waals surface area contributed by atoms with E-state index in [1.165, 1.54) is 0 Å². The molecule has 0 aliphatic carbocycles. The van der Waals surface area contributed by atoms with E-state index >= 15 is 0 Å². The fraction of sp³-hybridized carbons (Fsp3) is 0.385. The van der Waals surface area contributed by atoms with Gasteiger partial charge in [-0.05, 0) is 30.5 Å². The number of rotatable bonds is 3. The molecule has 2 heterocycles. The van der Waals surface area contributed by atoms with E-state index in [0.29, 0.717) is 24.3 Å². The number of aromatic nitrogens is 1. The van der Waals surface area contributed by atoms with Crippen LogP contribution in [-0.4, -0.2) is 23.6 Å². The topological polar surface area (TPSA) is 84.3 Å². The summed E-state index contributed by atoms with van der Waals surface area (Å²) in [6.45, 7) is 1.06. The summed E-state index contributed by atoms with van der Waals surface area (Å²) in [7, 11) is 0. The van der Waals surface area contributed by atoms with E-state index in [9.17, 15) is 9.59 Å². The molecule has 2 aromatic rings. The number of H-pyrrole nitrogens is 1. The molecule has 100 valence electrons. The first-order valence-electron chi connectivity index (χ1n) is 6.23. The van der Waals surface area contributed by atoms with E-state index in [1.807, 2.05) is 6.07 Å². The molecule has 19 heavy (non-hydrogen) atoms. The van der Waals surface area contributed by atoms with Gasteiger partial charge in [0, 0.05) is 13.2 Å². The Morgan fingerprint density at radius 2 is 2.37 bits per heavy atom. The second-order valence-corrected chi connectivity index (χ2v) is 4.56. The van der Waals surface area contributed by atoms with Crippen molar-refractivity contribution in [2.45, 2.75) is 25.5 Å². The molecular formula is C13H14N2O4. The largest absolute Gasteiger partial charge is 0.417 e. The first kappa shape index (κ1) is 12.0. The molecule has 0 saturated carbocycles. The molecular weight excluding hydrogens is 248 g/mol. The highest BCUT2D eigenvalue weighted by atomic mass is 16.5. The lowest BCUT2D eigenvalue weighted by Crippen LogP contribution is -2.33. The molecule has 1 unspecified atom stereocenters. The maximum absolute atomic E-state index is 11.8. The Kier molecular flexibility index (Phi) is 3.08. The average Bonchev–Trinajstić information content (AvgIpc) is 3.03. The molecule has 1 fully saturated rings. The van der Waals surface area contributed by atoms with Crippen LogP contribution in [0.3, 0.4) is 0 Å². The molecule has 1 aromatic carbocycles. The summed E-state index contributed by atoms with van der Waals surface area (Å²) >= 11 is 0. The van der Waals surface area contributed by atoms with E-state index in [2.05, 4.69) is 10.3 Å². The van der Waals surface area contributed by atoms with E-state index in [1.54, 1.807) is 12.1 Å². The maximum atomic E-state index is 11.8. The normalized spacial score (nSPS) is 18.8. The molecule has 1 amide bonds. The summed E-state index contributed by atoms with van der Waals surface area (Å²) in [5.41, 5.74) is 2.05. The minimum atomic E-state index is -0.476. The molecule has 1 aliphatic heterocycles. The maximum Gasteiger partial charge on any atom is 0.417 e. The van der Waals surface area contributed by atoms with Gasteiger partial charge in [0.1, 0.15) is 6.10 Å². The fourth-order valence-corrected chi connectivity index (χ4v) is 2.20. The second kappa shape index (κ2) is 4.89. The van der Waals surface area contributed by atoms with Gasteiger partial charge in [0.25, 0.3) is 0 Å². The summed E-state index contributed by atoms with van der Waals surface area (Å²) in [5, 5.41) is 2.83. The van der Waals surface area contributed by atoms with E-state index in [0.717, 1.165) is 18.4 Å². The summed E-state index contributed by atoms with van der Waals surface area (Å²) in [6.07, 6.45) is 1.39. The van der Waals surface area contributed by atoms with E-state index < -0.39 is 5.76 Å². The zero-order chi connectivity index (χ0) is 13.2. The predicted molar refractivity (Wildman–Crippen MR) is 67.7 cm³/mol. The van der Waals surface area contributed by atoms with Gasteiger partial charge in [0.2, 0.25) is 5.91 Å². The lowest BCUT2D eigenvalue weighted by Gasteiger charge is -2.10. The van der Waals surface area contributed by atoms with Crippen LogP contribution in [0.15, 0.2) is 27.4 Å². The number of hydrogen-bond acceptors (Lipinski definition) is 4. The minimum absolute atomic E-state index is 0.0849. The van der Waals surface area contributed by atoms with E-state index in [-0.39, 0.29) is 12.0 Å². The quantitative estimate of drug-likeness (QED) is 0.861. The Morgan fingerprint density at radius 3 is 3.16 bits per heavy atom. The van der Waals surface area contributed by atoms with Crippen LogP contribution in [0.5, 0.6) is 0 Å². The average molecular weight is 262 g/mol. The zero-order valence-electron chi connectivity index (χ0n) is 10.3. The fourth-order valence-electron chi connectivity index (χ4n) is 2.20. The van der Waals surface area contributed by atoms with Gasteiger partial charge in [-0.15, -0.1) is 0 Å². The lowest BCUT2D eigenvalue weighted by molar-refractivity contribution is -0.130. The van der Waals surface area contributed by atoms with Crippen molar-refractivity contribution in [1.29, 1.82) is 0 Å². The molecule has 3 rings (SSSR count). The number of benzene rings is 1. The van der Waals surface area contributed by atoms with Gasteiger partial charge in [0.15, 0.2) is 5.58 Å². The molecule has 0 spiro atoms. The van der Waals surface area contributed by atoms with Gasteiger partial charge < -0.3 is 14.5 Å². The Hall–Kier alpha value is -2.08. The van der Waals surface area contributed by atoms with Crippen LogP contribution in [0.4, 0.5) is 0 Å². The highest BCUT2D eigenvalue weighted by Crippen LogP contribution is 2.14. The third kappa shape index (κ3) is 2.53. The van der Waals surface area contributed by atoms with Crippen LogP contribution in [-0.2, 0) is 16.1 Å². The number of oxazole rings is 1. The molecule has 1 aliphatic rings. The predicted octanol–water partition coefficient (Wildman–Crippen LogP) is 0.916. The number of carbonyl (C=O) groups excluding carboxylic acids is 1. The number of nitrogens with one attached hydrogen (secondary N) is 2. The second-order valence-electron chi connectivity index (χ2n) is 4.56. The van der Waals surface area contributed by atoms with Crippen LogP contribution in [0.1, 0.15) is 18.4 Å². The van der Waals surface area contributed by atoms with Crippen molar-refractivity contribution in [2.24, 2.45) is 0 Å². The number of aromatic amines is 1. The summed E-state index contributed by atoms with van der Waals surface area (Å²) in [6, 6.07) is 5.31. The van der Waals surface area contributed by atoms with Crippen molar-refractivity contribution in [3.8, 4) is 0 Å². The molecule has 1 saturated heterocycles.